The first-order valence-electron chi connectivity index (χ1n) is 8.67. The summed E-state index contributed by atoms with van der Waals surface area (Å²) >= 11 is 1.61. The topological polar surface area (TPSA) is 84.3 Å². The van der Waals surface area contributed by atoms with Crippen LogP contribution < -0.4 is 4.72 Å². The predicted molar refractivity (Wildman–Crippen MR) is 104 cm³/mol. The van der Waals surface area contributed by atoms with E-state index in [9.17, 15) is 13.2 Å². The summed E-state index contributed by atoms with van der Waals surface area (Å²) in [6, 6.07) is 9.30. The molecule has 4 rings (SSSR count). The second-order valence-electron chi connectivity index (χ2n) is 6.56. The average Bonchev–Trinajstić information content (AvgIpc) is 3.38. The highest BCUT2D eigenvalue weighted by Gasteiger charge is 2.34. The Bertz CT molecular complexity index is 1080. The van der Waals surface area contributed by atoms with Crippen LogP contribution in [0.3, 0.4) is 0 Å². The zero-order valence-corrected chi connectivity index (χ0v) is 16.7. The van der Waals surface area contributed by atoms with Gasteiger partial charge in [0.25, 0.3) is 5.91 Å². The van der Waals surface area contributed by atoms with Gasteiger partial charge in [0.15, 0.2) is 0 Å². The number of aromatic nitrogens is 2. The molecule has 1 aromatic carbocycles. The van der Waals surface area contributed by atoms with E-state index in [1.54, 1.807) is 23.0 Å². The summed E-state index contributed by atoms with van der Waals surface area (Å²) in [4.78, 5) is 19.8. The highest BCUT2D eigenvalue weighted by Crippen LogP contribution is 2.37. The lowest BCUT2D eigenvalue weighted by molar-refractivity contribution is 0.0726. The van der Waals surface area contributed by atoms with Crippen LogP contribution in [0.1, 0.15) is 34.4 Å². The van der Waals surface area contributed by atoms with E-state index in [-0.39, 0.29) is 16.8 Å². The molecule has 3 aromatic rings. The van der Waals surface area contributed by atoms with Crippen molar-refractivity contribution in [3.05, 3.63) is 47.2 Å². The van der Waals surface area contributed by atoms with Crippen LogP contribution in [0, 0.1) is 0 Å². The monoisotopic (exact) mass is 404 g/mol. The Labute approximate surface area is 161 Å². The number of likely N-dealkylation sites (tertiary alicyclic amines) is 1. The van der Waals surface area contributed by atoms with Gasteiger partial charge in [0.2, 0.25) is 10.0 Å². The minimum atomic E-state index is -3.59. The molecule has 7 nitrogen and oxygen atoms in total. The Morgan fingerprint density at radius 2 is 2.11 bits per heavy atom. The Kier molecular flexibility index (Phi) is 4.53. The Morgan fingerprint density at radius 3 is 2.85 bits per heavy atom. The number of rotatable bonds is 4. The van der Waals surface area contributed by atoms with Crippen LogP contribution in [0.15, 0.2) is 41.4 Å². The number of carbonyl (C=O) groups is 1. The van der Waals surface area contributed by atoms with Crippen molar-refractivity contribution >= 4 is 37.5 Å². The first kappa shape index (κ1) is 18.1. The number of para-hydroxylation sites is 1. The van der Waals surface area contributed by atoms with Gasteiger partial charge < -0.3 is 9.47 Å². The molecule has 142 valence electrons. The number of thiazole rings is 1. The van der Waals surface area contributed by atoms with Gasteiger partial charge >= 0.3 is 0 Å². The summed E-state index contributed by atoms with van der Waals surface area (Å²) < 4.78 is 29.0. The number of carbonyl (C=O) groups excluding carboxylic acids is 1. The molecule has 0 saturated carbocycles. The van der Waals surface area contributed by atoms with Crippen molar-refractivity contribution < 1.29 is 13.2 Å². The summed E-state index contributed by atoms with van der Waals surface area (Å²) in [6.45, 7) is 0.638. The van der Waals surface area contributed by atoms with Crippen molar-refractivity contribution in [2.75, 3.05) is 13.6 Å². The van der Waals surface area contributed by atoms with Crippen LogP contribution in [-0.2, 0) is 17.1 Å². The normalized spacial score (nSPS) is 17.7. The lowest BCUT2D eigenvalue weighted by atomic mass is 10.2. The predicted octanol–water partition coefficient (Wildman–Crippen LogP) is 2.52. The molecule has 1 atom stereocenters. The molecule has 1 amide bonds. The van der Waals surface area contributed by atoms with Gasteiger partial charge in [0, 0.05) is 19.8 Å². The fourth-order valence-electron chi connectivity index (χ4n) is 3.46. The fraction of sp³-hybridized carbons (Fsp3) is 0.333. The van der Waals surface area contributed by atoms with Crippen molar-refractivity contribution in [3.63, 3.8) is 0 Å². The van der Waals surface area contributed by atoms with Crippen molar-refractivity contribution in [2.45, 2.75) is 23.8 Å². The van der Waals surface area contributed by atoms with E-state index in [1.165, 1.54) is 19.3 Å². The van der Waals surface area contributed by atoms with Crippen LogP contribution in [0.2, 0.25) is 0 Å². The van der Waals surface area contributed by atoms with Crippen LogP contribution in [0.25, 0.3) is 10.2 Å². The van der Waals surface area contributed by atoms with Crippen LogP contribution in [0.5, 0.6) is 0 Å². The minimum Gasteiger partial charge on any atom is -0.345 e. The van der Waals surface area contributed by atoms with Crippen LogP contribution in [-0.4, -0.2) is 42.4 Å². The van der Waals surface area contributed by atoms with Crippen molar-refractivity contribution in [1.29, 1.82) is 0 Å². The molecule has 3 heterocycles. The molecule has 1 saturated heterocycles. The molecule has 0 aliphatic carbocycles. The van der Waals surface area contributed by atoms with E-state index in [2.05, 4.69) is 4.72 Å². The van der Waals surface area contributed by atoms with E-state index >= 15 is 0 Å². The number of hydrogen-bond acceptors (Lipinski definition) is 5. The van der Waals surface area contributed by atoms with E-state index in [0.717, 1.165) is 28.1 Å². The van der Waals surface area contributed by atoms with Gasteiger partial charge in [0.1, 0.15) is 15.6 Å². The number of benzene rings is 1. The molecule has 1 aliphatic heterocycles. The first-order valence-corrected chi connectivity index (χ1v) is 11.0. The molecular weight excluding hydrogens is 384 g/mol. The second-order valence-corrected chi connectivity index (χ2v) is 9.50. The van der Waals surface area contributed by atoms with E-state index < -0.39 is 10.0 Å². The van der Waals surface area contributed by atoms with Gasteiger partial charge in [0.05, 0.1) is 16.3 Å². The number of amides is 1. The molecule has 1 N–H and O–H groups in total. The van der Waals surface area contributed by atoms with Gasteiger partial charge in [-0.05, 0) is 38.1 Å². The van der Waals surface area contributed by atoms with Gasteiger partial charge in [-0.2, -0.15) is 0 Å². The number of sulfonamides is 1. The summed E-state index contributed by atoms with van der Waals surface area (Å²) in [7, 11) is -0.552. The Morgan fingerprint density at radius 1 is 1.33 bits per heavy atom. The molecule has 2 aromatic heterocycles. The van der Waals surface area contributed by atoms with Crippen molar-refractivity contribution in [2.24, 2.45) is 7.05 Å². The maximum absolute atomic E-state index is 13.2. The number of hydrogen-bond donors (Lipinski definition) is 1. The van der Waals surface area contributed by atoms with Gasteiger partial charge in [-0.25, -0.2) is 18.1 Å². The van der Waals surface area contributed by atoms with Crippen LogP contribution >= 0.6 is 11.3 Å². The zero-order valence-electron chi connectivity index (χ0n) is 15.0. The summed E-state index contributed by atoms with van der Waals surface area (Å²) in [5.74, 6) is -0.170. The number of nitrogens with one attached hydrogen (secondary N) is 1. The quantitative estimate of drug-likeness (QED) is 0.724. The summed E-state index contributed by atoms with van der Waals surface area (Å²) in [5.41, 5.74) is 1.30. The fourth-order valence-corrected chi connectivity index (χ4v) is 5.37. The smallest absolute Gasteiger partial charge is 0.271 e. The largest absolute Gasteiger partial charge is 0.345 e. The van der Waals surface area contributed by atoms with E-state index in [0.29, 0.717) is 12.2 Å². The maximum atomic E-state index is 13.2. The molecule has 0 spiro atoms. The van der Waals surface area contributed by atoms with Gasteiger partial charge in [-0.1, -0.05) is 12.1 Å². The highest BCUT2D eigenvalue weighted by atomic mass is 32.2. The number of nitrogens with zero attached hydrogens (tertiary/aromatic N) is 3. The minimum absolute atomic E-state index is 0.0749. The molecule has 0 radical (unpaired) electrons. The van der Waals surface area contributed by atoms with E-state index in [1.807, 2.05) is 29.2 Å². The Balaban J connectivity index is 1.67. The van der Waals surface area contributed by atoms with E-state index in [4.69, 9.17) is 4.98 Å². The third-order valence-electron chi connectivity index (χ3n) is 4.89. The number of fused-ring (bicyclic) bond motifs is 1. The molecule has 1 fully saturated rings. The molecule has 0 bridgehead atoms. The molecule has 1 unspecified atom stereocenters. The maximum Gasteiger partial charge on any atom is 0.271 e. The molecular formula is C18H20N4O3S2. The van der Waals surface area contributed by atoms with Gasteiger partial charge in [-0.3, -0.25) is 4.79 Å². The summed E-state index contributed by atoms with van der Waals surface area (Å²) in [5, 5.41) is 0.930. The van der Waals surface area contributed by atoms with Gasteiger partial charge in [-0.15, -0.1) is 11.3 Å². The van der Waals surface area contributed by atoms with Crippen LogP contribution in [0.4, 0.5) is 0 Å². The molecule has 27 heavy (non-hydrogen) atoms. The third kappa shape index (κ3) is 3.15. The standard InChI is InChI=1S/C18H20N4O3S2/c1-19-27(24,25)12-10-15(21(2)11-12)18(23)22-9-5-7-14(22)17-20-13-6-3-4-8-16(13)26-17/h3-4,6,8,10-11,14,19H,5,7,9H2,1-2H3. The molecule has 1 aliphatic rings. The SMILES string of the molecule is CNS(=O)(=O)c1cc(C(=O)N2CCCC2c2nc3ccccc3s2)n(C)c1. The lowest BCUT2D eigenvalue weighted by Crippen LogP contribution is -2.31. The third-order valence-corrected chi connectivity index (χ3v) is 7.41. The van der Waals surface area contributed by atoms with Crippen molar-refractivity contribution in [3.8, 4) is 0 Å². The number of aryl methyl sites for hydroxylation is 1. The lowest BCUT2D eigenvalue weighted by Gasteiger charge is -2.23. The second kappa shape index (κ2) is 6.74. The first-order chi connectivity index (χ1) is 12.9. The average molecular weight is 405 g/mol. The summed E-state index contributed by atoms with van der Waals surface area (Å²) in [6.07, 6.45) is 3.22. The zero-order chi connectivity index (χ0) is 19.2. The molecule has 9 heteroatoms. The Hall–Kier alpha value is -2.23. The highest BCUT2D eigenvalue weighted by molar-refractivity contribution is 7.89. The van der Waals surface area contributed by atoms with Crippen molar-refractivity contribution in [1.82, 2.24) is 19.2 Å².